The van der Waals surface area contributed by atoms with Crippen LogP contribution in [0.2, 0.25) is 0 Å². The Morgan fingerprint density at radius 1 is 1.42 bits per heavy atom. The molecule has 31 heavy (non-hydrogen) atoms. The van der Waals surface area contributed by atoms with Crippen molar-refractivity contribution >= 4 is 5.91 Å². The van der Waals surface area contributed by atoms with Gasteiger partial charge in [-0.1, -0.05) is 0 Å². The topological polar surface area (TPSA) is 131 Å². The number of carbonyl (C=O) groups excluding carboxylic acids is 1. The van der Waals surface area contributed by atoms with Crippen molar-refractivity contribution in [2.75, 3.05) is 26.9 Å². The Hall–Kier alpha value is -3.50. The van der Waals surface area contributed by atoms with Crippen LogP contribution in [-0.4, -0.2) is 63.7 Å². The number of ether oxygens (including phenoxy) is 2. The summed E-state index contributed by atoms with van der Waals surface area (Å²) in [6.45, 7) is 0.988. The van der Waals surface area contributed by atoms with E-state index in [0.717, 1.165) is 6.42 Å². The third-order valence-corrected chi connectivity index (χ3v) is 5.31. The smallest absolute Gasteiger partial charge is 0.280 e. The van der Waals surface area contributed by atoms with E-state index in [0.29, 0.717) is 41.6 Å². The summed E-state index contributed by atoms with van der Waals surface area (Å²) in [5.74, 6) is 0.498. The van der Waals surface area contributed by atoms with Crippen LogP contribution >= 0.6 is 0 Å². The maximum atomic E-state index is 12.8. The molecule has 4 heterocycles. The molecular formula is C21H23N5O5. The number of amides is 1. The number of rotatable bonds is 7. The molecule has 3 N–H and O–H groups in total. The van der Waals surface area contributed by atoms with E-state index in [4.69, 9.17) is 9.47 Å². The SMILES string of the molecule is COc1cc(-c2c[nH]n(-c3ccc(C(=O)NC(CO)C4CCOC4)cn3)c2=O)ccn1. The fourth-order valence-electron chi connectivity index (χ4n) is 3.52. The van der Waals surface area contributed by atoms with Crippen molar-refractivity contribution in [1.29, 1.82) is 0 Å². The second-order valence-corrected chi connectivity index (χ2v) is 7.21. The molecule has 0 radical (unpaired) electrons. The molecule has 1 saturated heterocycles. The number of aromatic amines is 1. The van der Waals surface area contributed by atoms with Gasteiger partial charge >= 0.3 is 0 Å². The number of hydrogen-bond acceptors (Lipinski definition) is 7. The van der Waals surface area contributed by atoms with Crippen molar-refractivity contribution in [3.8, 4) is 22.8 Å². The first-order valence-electron chi connectivity index (χ1n) is 9.87. The minimum atomic E-state index is -0.374. The zero-order valence-corrected chi connectivity index (χ0v) is 16.9. The number of nitrogens with zero attached hydrogens (tertiary/aromatic N) is 3. The van der Waals surface area contributed by atoms with Crippen LogP contribution in [0.15, 0.2) is 47.7 Å². The largest absolute Gasteiger partial charge is 0.481 e. The molecule has 0 aromatic carbocycles. The van der Waals surface area contributed by atoms with Crippen molar-refractivity contribution < 1.29 is 19.4 Å². The van der Waals surface area contributed by atoms with Gasteiger partial charge in [0.2, 0.25) is 5.88 Å². The highest BCUT2D eigenvalue weighted by Crippen LogP contribution is 2.19. The number of aromatic nitrogens is 4. The summed E-state index contributed by atoms with van der Waals surface area (Å²) < 4.78 is 11.7. The van der Waals surface area contributed by atoms with Gasteiger partial charge in [-0.3, -0.25) is 14.7 Å². The standard InChI is InChI=1S/C21H23N5O5/c1-30-19-8-13(4-6-22-19)16-10-24-26(21(16)29)18-3-2-14(9-23-18)20(28)25-17(11-27)15-5-7-31-12-15/h2-4,6,8-10,15,17,24,27H,5,7,11-12H2,1H3,(H,25,28). The zero-order valence-electron chi connectivity index (χ0n) is 16.9. The number of aliphatic hydroxyl groups is 1. The summed E-state index contributed by atoms with van der Waals surface area (Å²) in [5.41, 5.74) is 1.14. The monoisotopic (exact) mass is 425 g/mol. The number of carbonyl (C=O) groups is 1. The summed E-state index contributed by atoms with van der Waals surface area (Å²) in [5, 5.41) is 15.3. The first-order valence-corrected chi connectivity index (χ1v) is 9.87. The number of H-pyrrole nitrogens is 1. The molecule has 10 heteroatoms. The van der Waals surface area contributed by atoms with Gasteiger partial charge in [0.15, 0.2) is 5.82 Å². The molecule has 0 saturated carbocycles. The van der Waals surface area contributed by atoms with Crippen LogP contribution in [0.5, 0.6) is 5.88 Å². The van der Waals surface area contributed by atoms with Gasteiger partial charge in [0.1, 0.15) is 0 Å². The van der Waals surface area contributed by atoms with Gasteiger partial charge in [0, 0.05) is 37.2 Å². The van der Waals surface area contributed by atoms with Crippen molar-refractivity contribution in [1.82, 2.24) is 25.1 Å². The maximum absolute atomic E-state index is 12.8. The predicted octanol–water partition coefficient (Wildman–Crippen LogP) is 0.758. The third kappa shape index (κ3) is 4.35. The number of hydrogen-bond donors (Lipinski definition) is 3. The van der Waals surface area contributed by atoms with Gasteiger partial charge in [-0.05, 0) is 30.2 Å². The number of aliphatic hydroxyl groups excluding tert-OH is 1. The van der Waals surface area contributed by atoms with Crippen LogP contribution in [-0.2, 0) is 4.74 Å². The van der Waals surface area contributed by atoms with Crippen molar-refractivity contribution in [2.45, 2.75) is 12.5 Å². The highest BCUT2D eigenvalue weighted by molar-refractivity contribution is 5.94. The fraction of sp³-hybridized carbons (Fsp3) is 0.333. The molecule has 0 aliphatic carbocycles. The lowest BCUT2D eigenvalue weighted by Crippen LogP contribution is -2.43. The summed E-state index contributed by atoms with van der Waals surface area (Å²) >= 11 is 0. The van der Waals surface area contributed by atoms with Crippen LogP contribution in [0.4, 0.5) is 0 Å². The average Bonchev–Trinajstić information content (AvgIpc) is 3.47. The molecule has 3 aromatic heterocycles. The predicted molar refractivity (Wildman–Crippen MR) is 111 cm³/mol. The van der Waals surface area contributed by atoms with Crippen LogP contribution < -0.4 is 15.6 Å². The fourth-order valence-corrected chi connectivity index (χ4v) is 3.52. The summed E-state index contributed by atoms with van der Waals surface area (Å²) in [4.78, 5) is 33.7. The Balaban J connectivity index is 1.51. The van der Waals surface area contributed by atoms with Crippen molar-refractivity contribution in [2.24, 2.45) is 5.92 Å². The second-order valence-electron chi connectivity index (χ2n) is 7.21. The molecule has 1 aliphatic rings. The molecular weight excluding hydrogens is 402 g/mol. The summed E-state index contributed by atoms with van der Waals surface area (Å²) in [7, 11) is 1.51. The lowest BCUT2D eigenvalue weighted by atomic mass is 9.99. The lowest BCUT2D eigenvalue weighted by molar-refractivity contribution is 0.0877. The highest BCUT2D eigenvalue weighted by Gasteiger charge is 2.27. The Morgan fingerprint density at radius 2 is 2.29 bits per heavy atom. The molecule has 3 aromatic rings. The zero-order chi connectivity index (χ0) is 21.8. The van der Waals surface area contributed by atoms with E-state index in [1.165, 1.54) is 18.0 Å². The second kappa shape index (κ2) is 9.11. The molecule has 4 rings (SSSR count). The molecule has 2 atom stereocenters. The molecule has 0 bridgehead atoms. The van der Waals surface area contributed by atoms with Gasteiger partial charge in [0.05, 0.1) is 37.5 Å². The third-order valence-electron chi connectivity index (χ3n) is 5.31. The molecule has 0 spiro atoms. The molecule has 162 valence electrons. The Labute approximate surface area is 177 Å². The van der Waals surface area contributed by atoms with E-state index in [9.17, 15) is 14.7 Å². The van der Waals surface area contributed by atoms with Crippen LogP contribution in [0.1, 0.15) is 16.8 Å². The molecule has 2 unspecified atom stereocenters. The van der Waals surface area contributed by atoms with Gasteiger partial charge in [-0.15, -0.1) is 0 Å². The van der Waals surface area contributed by atoms with Crippen molar-refractivity contribution in [3.63, 3.8) is 0 Å². The van der Waals surface area contributed by atoms with E-state index in [1.54, 1.807) is 36.7 Å². The number of methoxy groups -OCH3 is 1. The Morgan fingerprint density at radius 3 is 2.97 bits per heavy atom. The van der Waals surface area contributed by atoms with Gasteiger partial charge in [-0.25, -0.2) is 14.6 Å². The highest BCUT2D eigenvalue weighted by atomic mass is 16.5. The van der Waals surface area contributed by atoms with Crippen LogP contribution in [0, 0.1) is 5.92 Å². The van der Waals surface area contributed by atoms with E-state index in [2.05, 4.69) is 20.4 Å². The van der Waals surface area contributed by atoms with Gasteiger partial charge in [-0.2, -0.15) is 0 Å². The normalized spacial score (nSPS) is 16.8. The Kier molecular flexibility index (Phi) is 6.10. The summed E-state index contributed by atoms with van der Waals surface area (Å²) in [6.07, 6.45) is 5.33. The number of pyridine rings is 2. The van der Waals surface area contributed by atoms with Crippen LogP contribution in [0.25, 0.3) is 16.9 Å². The quantitative estimate of drug-likeness (QED) is 0.509. The molecule has 1 fully saturated rings. The minimum Gasteiger partial charge on any atom is -0.481 e. The molecule has 1 amide bonds. The van der Waals surface area contributed by atoms with E-state index in [1.807, 2.05) is 0 Å². The Bertz CT molecular complexity index is 1100. The molecule has 10 nitrogen and oxygen atoms in total. The first-order chi connectivity index (χ1) is 15.1. The van der Waals surface area contributed by atoms with E-state index in [-0.39, 0.29) is 30.0 Å². The van der Waals surface area contributed by atoms with E-state index >= 15 is 0 Å². The minimum absolute atomic E-state index is 0.0870. The van der Waals surface area contributed by atoms with Gasteiger partial charge in [0.25, 0.3) is 11.5 Å². The lowest BCUT2D eigenvalue weighted by Gasteiger charge is -2.21. The average molecular weight is 425 g/mol. The van der Waals surface area contributed by atoms with Gasteiger partial charge < -0.3 is 19.9 Å². The van der Waals surface area contributed by atoms with Crippen molar-refractivity contribution in [3.05, 3.63) is 58.8 Å². The van der Waals surface area contributed by atoms with Crippen LogP contribution in [0.3, 0.4) is 0 Å². The number of nitrogens with one attached hydrogen (secondary N) is 2. The first kappa shape index (κ1) is 20.8. The van der Waals surface area contributed by atoms with E-state index < -0.39 is 0 Å². The molecule has 1 aliphatic heterocycles. The maximum Gasteiger partial charge on any atom is 0.280 e. The summed E-state index contributed by atoms with van der Waals surface area (Å²) in [6, 6.07) is 6.17.